The van der Waals surface area contributed by atoms with Crippen LogP contribution in [-0.4, -0.2) is 11.7 Å². The van der Waals surface area contributed by atoms with Crippen LogP contribution in [0.25, 0.3) is 0 Å². The molecule has 0 saturated heterocycles. The summed E-state index contributed by atoms with van der Waals surface area (Å²) in [5, 5.41) is 8.27. The normalized spacial score (nSPS) is 11.9. The van der Waals surface area contributed by atoms with Crippen molar-refractivity contribution in [3.05, 3.63) is 33.8 Å². The van der Waals surface area contributed by atoms with Crippen molar-refractivity contribution in [1.82, 2.24) is 0 Å². The Labute approximate surface area is 85.5 Å². The molecule has 0 aliphatic carbocycles. The van der Waals surface area contributed by atoms with Gasteiger partial charge in [-0.05, 0) is 12.1 Å². The van der Waals surface area contributed by atoms with E-state index in [0.717, 1.165) is 0 Å². The van der Waals surface area contributed by atoms with Crippen LogP contribution in [0.15, 0.2) is 16.6 Å². The molecule has 0 aliphatic rings. The fraction of sp³-hybridized carbons (Fsp3) is 0.250. The Morgan fingerprint density at radius 2 is 1.64 bits per heavy atom. The van der Waals surface area contributed by atoms with Crippen molar-refractivity contribution in [1.29, 1.82) is 0 Å². The summed E-state index contributed by atoms with van der Waals surface area (Å²) in [7, 11) is 0. The topological polar surface area (TPSA) is 20.2 Å². The number of aliphatic hydroxyl groups is 1. The second kappa shape index (κ2) is 3.86. The lowest BCUT2D eigenvalue weighted by atomic mass is 10.1. The van der Waals surface area contributed by atoms with Crippen LogP contribution < -0.4 is 0 Å². The van der Waals surface area contributed by atoms with E-state index in [9.17, 15) is 17.6 Å². The smallest absolute Gasteiger partial charge is 0.301 e. The van der Waals surface area contributed by atoms with Crippen LogP contribution in [0.5, 0.6) is 0 Å². The third-order valence-electron chi connectivity index (χ3n) is 1.57. The molecule has 1 nitrogen and oxygen atoms in total. The van der Waals surface area contributed by atoms with E-state index in [4.69, 9.17) is 5.11 Å². The molecule has 0 spiro atoms. The molecular weight excluding hydrogens is 268 g/mol. The average Bonchev–Trinajstić information content (AvgIpc) is 2.01. The van der Waals surface area contributed by atoms with Gasteiger partial charge in [0.1, 0.15) is 18.2 Å². The average molecular weight is 273 g/mol. The van der Waals surface area contributed by atoms with Gasteiger partial charge in [-0.1, -0.05) is 15.9 Å². The Morgan fingerprint density at radius 3 is 2.00 bits per heavy atom. The zero-order valence-electron chi connectivity index (χ0n) is 6.70. The van der Waals surface area contributed by atoms with Crippen LogP contribution in [0.1, 0.15) is 5.56 Å². The molecular formula is C8H5BrF4O. The Balaban J connectivity index is 3.35. The minimum atomic E-state index is -3.91. The quantitative estimate of drug-likeness (QED) is 0.821. The molecule has 78 valence electrons. The Bertz CT molecular complexity index is 330. The Kier molecular flexibility index (Phi) is 3.16. The van der Waals surface area contributed by atoms with Gasteiger partial charge in [0.05, 0.1) is 5.56 Å². The molecule has 0 radical (unpaired) electrons. The summed E-state index contributed by atoms with van der Waals surface area (Å²) < 4.78 is 51.5. The number of alkyl halides is 2. The zero-order chi connectivity index (χ0) is 10.9. The van der Waals surface area contributed by atoms with Gasteiger partial charge >= 0.3 is 5.92 Å². The molecule has 0 aliphatic heterocycles. The number of halogens is 5. The van der Waals surface area contributed by atoms with E-state index >= 15 is 0 Å². The molecule has 0 atom stereocenters. The summed E-state index contributed by atoms with van der Waals surface area (Å²) in [4.78, 5) is 0. The monoisotopic (exact) mass is 272 g/mol. The van der Waals surface area contributed by atoms with E-state index in [1.807, 2.05) is 0 Å². The second-order valence-electron chi connectivity index (χ2n) is 2.61. The van der Waals surface area contributed by atoms with Gasteiger partial charge in [-0.25, -0.2) is 8.78 Å². The van der Waals surface area contributed by atoms with Crippen molar-refractivity contribution in [2.24, 2.45) is 0 Å². The molecule has 0 fully saturated rings. The third kappa shape index (κ3) is 2.06. The van der Waals surface area contributed by atoms with Crippen molar-refractivity contribution >= 4 is 15.9 Å². The maximum Gasteiger partial charge on any atom is 0.301 e. The molecule has 1 aromatic rings. The standard InChI is InChI=1S/C8H5BrF4O/c9-4-1-5(10)7(6(11)2-4)8(12,13)3-14/h1-2,14H,3H2. The van der Waals surface area contributed by atoms with E-state index in [-0.39, 0.29) is 4.47 Å². The highest BCUT2D eigenvalue weighted by molar-refractivity contribution is 9.10. The summed E-state index contributed by atoms with van der Waals surface area (Å²) >= 11 is 2.75. The fourth-order valence-corrected chi connectivity index (χ4v) is 1.37. The number of rotatable bonds is 2. The SMILES string of the molecule is OCC(F)(F)c1c(F)cc(Br)cc1F. The van der Waals surface area contributed by atoms with Crippen LogP contribution in [-0.2, 0) is 5.92 Å². The van der Waals surface area contributed by atoms with E-state index in [2.05, 4.69) is 15.9 Å². The molecule has 0 saturated carbocycles. The number of hydrogen-bond acceptors (Lipinski definition) is 1. The summed E-state index contributed by atoms with van der Waals surface area (Å²) in [6.45, 7) is -1.64. The van der Waals surface area contributed by atoms with E-state index in [0.29, 0.717) is 12.1 Å². The fourth-order valence-electron chi connectivity index (χ4n) is 0.971. The molecule has 0 amide bonds. The number of benzene rings is 1. The van der Waals surface area contributed by atoms with Gasteiger partial charge in [0.15, 0.2) is 0 Å². The highest BCUT2D eigenvalue weighted by Crippen LogP contribution is 2.33. The van der Waals surface area contributed by atoms with Gasteiger partial charge in [0.25, 0.3) is 0 Å². The van der Waals surface area contributed by atoms with Crippen molar-refractivity contribution in [2.45, 2.75) is 5.92 Å². The first-order valence-corrected chi connectivity index (χ1v) is 4.31. The maximum atomic E-state index is 12.9. The molecule has 6 heteroatoms. The van der Waals surface area contributed by atoms with Gasteiger partial charge in [-0.15, -0.1) is 0 Å². The molecule has 0 aromatic heterocycles. The summed E-state index contributed by atoms with van der Waals surface area (Å²) in [6.07, 6.45) is 0. The van der Waals surface area contributed by atoms with Crippen LogP contribution in [0.3, 0.4) is 0 Å². The predicted molar refractivity (Wildman–Crippen MR) is 45.0 cm³/mol. The van der Waals surface area contributed by atoms with Crippen LogP contribution in [0, 0.1) is 11.6 Å². The van der Waals surface area contributed by atoms with Crippen LogP contribution in [0.4, 0.5) is 17.6 Å². The molecule has 1 aromatic carbocycles. The summed E-state index contributed by atoms with van der Waals surface area (Å²) in [6, 6.07) is 1.42. The van der Waals surface area contributed by atoms with E-state index < -0.39 is 29.7 Å². The van der Waals surface area contributed by atoms with Gasteiger partial charge < -0.3 is 5.11 Å². The van der Waals surface area contributed by atoms with Crippen molar-refractivity contribution in [3.63, 3.8) is 0 Å². The third-order valence-corrected chi connectivity index (χ3v) is 2.03. The highest BCUT2D eigenvalue weighted by atomic mass is 79.9. The predicted octanol–water partition coefficient (Wildman–Crippen LogP) is 2.81. The van der Waals surface area contributed by atoms with Crippen LogP contribution >= 0.6 is 15.9 Å². The zero-order valence-corrected chi connectivity index (χ0v) is 8.28. The van der Waals surface area contributed by atoms with Gasteiger partial charge in [0.2, 0.25) is 0 Å². The first kappa shape index (κ1) is 11.5. The largest absolute Gasteiger partial charge is 0.390 e. The first-order chi connectivity index (χ1) is 6.38. The molecule has 0 unspecified atom stereocenters. The van der Waals surface area contributed by atoms with Gasteiger partial charge in [0, 0.05) is 4.47 Å². The highest BCUT2D eigenvalue weighted by Gasteiger charge is 2.37. The lowest BCUT2D eigenvalue weighted by Gasteiger charge is -2.15. The molecule has 1 N–H and O–H groups in total. The minimum absolute atomic E-state index is 0.0185. The molecule has 0 bridgehead atoms. The lowest BCUT2D eigenvalue weighted by Crippen LogP contribution is -2.22. The van der Waals surface area contributed by atoms with Crippen molar-refractivity contribution in [3.8, 4) is 0 Å². The summed E-state index contributed by atoms with van der Waals surface area (Å²) in [5.41, 5.74) is -1.41. The van der Waals surface area contributed by atoms with E-state index in [1.54, 1.807) is 0 Å². The first-order valence-electron chi connectivity index (χ1n) is 3.52. The molecule has 0 heterocycles. The Morgan fingerprint density at radius 1 is 1.21 bits per heavy atom. The van der Waals surface area contributed by atoms with Crippen molar-refractivity contribution < 1.29 is 22.7 Å². The van der Waals surface area contributed by atoms with Gasteiger partial charge in [-0.3, -0.25) is 0 Å². The molecule has 14 heavy (non-hydrogen) atoms. The number of hydrogen-bond donors (Lipinski definition) is 1. The summed E-state index contributed by atoms with van der Waals surface area (Å²) in [5.74, 6) is -6.69. The van der Waals surface area contributed by atoms with Crippen molar-refractivity contribution in [2.75, 3.05) is 6.61 Å². The minimum Gasteiger partial charge on any atom is -0.390 e. The molecule has 1 rings (SSSR count). The lowest BCUT2D eigenvalue weighted by molar-refractivity contribution is -0.0610. The Hall–Kier alpha value is -0.620. The van der Waals surface area contributed by atoms with E-state index in [1.165, 1.54) is 0 Å². The van der Waals surface area contributed by atoms with Gasteiger partial charge in [-0.2, -0.15) is 8.78 Å². The number of aliphatic hydroxyl groups excluding tert-OH is 1. The van der Waals surface area contributed by atoms with Crippen LogP contribution in [0.2, 0.25) is 0 Å². The second-order valence-corrected chi connectivity index (χ2v) is 3.52. The maximum absolute atomic E-state index is 12.9.